The first-order chi connectivity index (χ1) is 9.56. The van der Waals surface area contributed by atoms with E-state index in [4.69, 9.17) is 29.0 Å². The van der Waals surface area contributed by atoms with Crippen LogP contribution >= 0.6 is 23.2 Å². The Morgan fingerprint density at radius 3 is 2.50 bits per heavy atom. The number of benzene rings is 1. The molecule has 1 aromatic carbocycles. The van der Waals surface area contributed by atoms with Gasteiger partial charge in [-0.25, -0.2) is 0 Å². The molecule has 6 heteroatoms. The van der Waals surface area contributed by atoms with Crippen molar-refractivity contribution in [2.45, 2.75) is 25.8 Å². The van der Waals surface area contributed by atoms with Crippen LogP contribution in [0.5, 0.6) is 0 Å². The number of hydrogen-bond acceptors (Lipinski definition) is 3. The highest BCUT2D eigenvalue weighted by Gasteiger charge is 2.19. The highest BCUT2D eigenvalue weighted by molar-refractivity contribution is 6.36. The first kappa shape index (κ1) is 15.3. The van der Waals surface area contributed by atoms with Crippen LogP contribution in [0.15, 0.2) is 24.3 Å². The molecule has 0 bridgehead atoms. The molecule has 20 heavy (non-hydrogen) atoms. The third kappa shape index (κ3) is 3.15. The van der Waals surface area contributed by atoms with Crippen LogP contribution in [0.2, 0.25) is 10.0 Å². The lowest BCUT2D eigenvalue weighted by molar-refractivity contribution is 0.530. The van der Waals surface area contributed by atoms with Gasteiger partial charge in [0.15, 0.2) is 0 Å². The van der Waals surface area contributed by atoms with Crippen LogP contribution in [-0.4, -0.2) is 9.78 Å². The van der Waals surface area contributed by atoms with E-state index in [2.05, 4.69) is 23.5 Å². The van der Waals surface area contributed by atoms with Gasteiger partial charge in [-0.3, -0.25) is 16.0 Å². The highest BCUT2D eigenvalue weighted by atomic mass is 35.5. The van der Waals surface area contributed by atoms with Gasteiger partial charge in [-0.05, 0) is 24.6 Å². The van der Waals surface area contributed by atoms with E-state index in [1.165, 1.54) is 0 Å². The summed E-state index contributed by atoms with van der Waals surface area (Å²) < 4.78 is 1.87. The first-order valence-electron chi connectivity index (χ1n) is 6.48. The van der Waals surface area contributed by atoms with Crippen LogP contribution in [0.4, 0.5) is 0 Å². The fourth-order valence-corrected chi connectivity index (χ4v) is 2.89. The molecule has 2 rings (SSSR count). The average molecular weight is 313 g/mol. The third-order valence-electron chi connectivity index (χ3n) is 3.35. The van der Waals surface area contributed by atoms with E-state index in [0.29, 0.717) is 16.5 Å². The van der Waals surface area contributed by atoms with Gasteiger partial charge < -0.3 is 0 Å². The number of nitrogens with two attached hydrogens (primary N) is 1. The topological polar surface area (TPSA) is 55.9 Å². The predicted molar refractivity (Wildman–Crippen MR) is 82.8 cm³/mol. The number of hydrogen-bond donors (Lipinski definition) is 2. The van der Waals surface area contributed by atoms with Crippen LogP contribution in [0.25, 0.3) is 0 Å². The average Bonchev–Trinajstić information content (AvgIpc) is 2.78. The molecule has 0 aliphatic rings. The molecule has 1 atom stereocenters. The number of halogens is 2. The molecule has 3 N–H and O–H groups in total. The Morgan fingerprint density at radius 2 is 2.00 bits per heavy atom. The van der Waals surface area contributed by atoms with Crippen molar-refractivity contribution in [1.29, 1.82) is 0 Å². The van der Waals surface area contributed by atoms with Gasteiger partial charge in [0.05, 0.1) is 11.7 Å². The lowest BCUT2D eigenvalue weighted by Crippen LogP contribution is -2.30. The van der Waals surface area contributed by atoms with Crippen molar-refractivity contribution >= 4 is 23.2 Å². The van der Waals surface area contributed by atoms with E-state index in [1.54, 1.807) is 0 Å². The van der Waals surface area contributed by atoms with Crippen LogP contribution in [-0.2, 0) is 19.9 Å². The predicted octanol–water partition coefficient (Wildman–Crippen LogP) is 3.04. The number of nitrogens with zero attached hydrogens (tertiary/aromatic N) is 2. The Hall–Kier alpha value is -1.07. The summed E-state index contributed by atoms with van der Waals surface area (Å²) in [6, 6.07) is 7.37. The Kier molecular flexibility index (Phi) is 5.05. The number of hydrazine groups is 1. The lowest BCUT2D eigenvalue weighted by Gasteiger charge is -2.19. The van der Waals surface area contributed by atoms with E-state index < -0.39 is 0 Å². The van der Waals surface area contributed by atoms with Crippen molar-refractivity contribution in [2.24, 2.45) is 12.9 Å². The van der Waals surface area contributed by atoms with Gasteiger partial charge in [0.2, 0.25) is 0 Å². The summed E-state index contributed by atoms with van der Waals surface area (Å²) >= 11 is 12.5. The third-order valence-corrected chi connectivity index (χ3v) is 4.01. The minimum Gasteiger partial charge on any atom is -0.272 e. The monoisotopic (exact) mass is 312 g/mol. The Balaban J connectivity index is 2.31. The van der Waals surface area contributed by atoms with Crippen molar-refractivity contribution in [3.05, 3.63) is 51.3 Å². The molecule has 0 aliphatic heterocycles. The van der Waals surface area contributed by atoms with Gasteiger partial charge in [-0.1, -0.05) is 36.2 Å². The molecule has 0 fully saturated rings. The zero-order valence-corrected chi connectivity index (χ0v) is 13.0. The molecule has 1 heterocycles. The Labute approximate surface area is 128 Å². The summed E-state index contributed by atoms with van der Waals surface area (Å²) in [5.74, 6) is 5.68. The lowest BCUT2D eigenvalue weighted by atomic mass is 10.0. The van der Waals surface area contributed by atoms with Gasteiger partial charge in [0, 0.05) is 34.8 Å². The Bertz CT molecular complexity index is 575. The number of rotatable bonds is 5. The van der Waals surface area contributed by atoms with Crippen molar-refractivity contribution in [3.63, 3.8) is 0 Å². The summed E-state index contributed by atoms with van der Waals surface area (Å²) in [7, 11) is 1.93. The molecule has 0 saturated carbocycles. The minimum atomic E-state index is -0.156. The van der Waals surface area contributed by atoms with Gasteiger partial charge in [0.25, 0.3) is 0 Å². The molecular weight excluding hydrogens is 295 g/mol. The molecule has 4 nitrogen and oxygen atoms in total. The van der Waals surface area contributed by atoms with Gasteiger partial charge in [0.1, 0.15) is 0 Å². The van der Waals surface area contributed by atoms with Crippen LogP contribution in [0.1, 0.15) is 29.9 Å². The van der Waals surface area contributed by atoms with E-state index in [-0.39, 0.29) is 6.04 Å². The van der Waals surface area contributed by atoms with Crippen molar-refractivity contribution in [2.75, 3.05) is 0 Å². The summed E-state index contributed by atoms with van der Waals surface area (Å²) in [5.41, 5.74) is 5.75. The summed E-state index contributed by atoms with van der Waals surface area (Å²) in [5, 5.41) is 5.66. The molecule has 0 spiro atoms. The second-order valence-electron chi connectivity index (χ2n) is 4.66. The Morgan fingerprint density at radius 1 is 1.35 bits per heavy atom. The second-order valence-corrected chi connectivity index (χ2v) is 5.48. The van der Waals surface area contributed by atoms with Crippen LogP contribution in [0.3, 0.4) is 0 Å². The number of aryl methyl sites for hydroxylation is 2. The molecule has 0 radical (unpaired) electrons. The largest absolute Gasteiger partial charge is 0.272 e. The van der Waals surface area contributed by atoms with Crippen molar-refractivity contribution in [1.82, 2.24) is 15.2 Å². The molecule has 0 saturated heterocycles. The molecule has 108 valence electrons. The van der Waals surface area contributed by atoms with Crippen LogP contribution < -0.4 is 11.3 Å². The van der Waals surface area contributed by atoms with Crippen molar-refractivity contribution in [3.8, 4) is 0 Å². The minimum absolute atomic E-state index is 0.156. The maximum atomic E-state index is 6.24. The SMILES string of the molecule is CCc1cc(CC(NN)c2c(Cl)cccc2Cl)n(C)n1. The quantitative estimate of drug-likeness (QED) is 0.659. The smallest absolute Gasteiger partial charge is 0.0624 e. The summed E-state index contributed by atoms with van der Waals surface area (Å²) in [6.45, 7) is 2.08. The zero-order valence-electron chi connectivity index (χ0n) is 11.5. The summed E-state index contributed by atoms with van der Waals surface area (Å²) in [4.78, 5) is 0. The molecule has 2 aromatic rings. The standard InChI is InChI=1S/C14H18Cl2N4/c1-3-9-7-10(20(2)19-9)8-13(18-17)14-11(15)5-4-6-12(14)16/h4-7,13,18H,3,8,17H2,1-2H3. The first-order valence-corrected chi connectivity index (χ1v) is 7.24. The molecule has 1 unspecified atom stereocenters. The van der Waals surface area contributed by atoms with E-state index in [9.17, 15) is 0 Å². The highest BCUT2D eigenvalue weighted by Crippen LogP contribution is 2.31. The second kappa shape index (κ2) is 6.59. The maximum Gasteiger partial charge on any atom is 0.0624 e. The summed E-state index contributed by atoms with van der Waals surface area (Å²) in [6.07, 6.45) is 1.57. The fourth-order valence-electron chi connectivity index (χ4n) is 2.23. The zero-order chi connectivity index (χ0) is 14.7. The van der Waals surface area contributed by atoms with Gasteiger partial charge in [-0.15, -0.1) is 0 Å². The van der Waals surface area contributed by atoms with Gasteiger partial charge in [-0.2, -0.15) is 5.10 Å². The van der Waals surface area contributed by atoms with Crippen LogP contribution in [0, 0.1) is 0 Å². The van der Waals surface area contributed by atoms with Crippen molar-refractivity contribution < 1.29 is 0 Å². The fraction of sp³-hybridized carbons (Fsp3) is 0.357. The van der Waals surface area contributed by atoms with E-state index >= 15 is 0 Å². The maximum absolute atomic E-state index is 6.24. The van der Waals surface area contributed by atoms with E-state index in [1.807, 2.05) is 29.9 Å². The number of nitrogens with one attached hydrogen (secondary N) is 1. The molecule has 0 aliphatic carbocycles. The normalized spacial score (nSPS) is 12.7. The number of aromatic nitrogens is 2. The molecule has 1 aromatic heterocycles. The molecular formula is C14H18Cl2N4. The van der Waals surface area contributed by atoms with E-state index in [0.717, 1.165) is 23.4 Å². The van der Waals surface area contributed by atoms with Gasteiger partial charge >= 0.3 is 0 Å². The molecule has 0 amide bonds.